The molecule has 0 amide bonds. The van der Waals surface area contributed by atoms with E-state index in [4.69, 9.17) is 0 Å². The SMILES string of the molecule is Cc1ccc(N2CC(C)CC(C)C2C)c(C#N)c1. The number of nitriles is 1. The molecule has 18 heavy (non-hydrogen) atoms. The van der Waals surface area contributed by atoms with Crippen LogP contribution in [-0.4, -0.2) is 12.6 Å². The van der Waals surface area contributed by atoms with Crippen molar-refractivity contribution in [1.29, 1.82) is 5.26 Å². The minimum absolute atomic E-state index is 0.510. The Morgan fingerprint density at radius 2 is 2.00 bits per heavy atom. The predicted molar refractivity (Wildman–Crippen MR) is 75.6 cm³/mol. The fourth-order valence-electron chi connectivity index (χ4n) is 3.02. The highest BCUT2D eigenvalue weighted by Crippen LogP contribution is 2.33. The lowest BCUT2D eigenvalue weighted by molar-refractivity contribution is 0.297. The van der Waals surface area contributed by atoms with Gasteiger partial charge in [0.2, 0.25) is 0 Å². The van der Waals surface area contributed by atoms with Crippen molar-refractivity contribution in [2.24, 2.45) is 11.8 Å². The van der Waals surface area contributed by atoms with E-state index < -0.39 is 0 Å². The van der Waals surface area contributed by atoms with Crippen LogP contribution in [0.2, 0.25) is 0 Å². The summed E-state index contributed by atoms with van der Waals surface area (Å²) in [6.07, 6.45) is 1.28. The monoisotopic (exact) mass is 242 g/mol. The molecule has 0 aliphatic carbocycles. The van der Waals surface area contributed by atoms with Crippen molar-refractivity contribution in [1.82, 2.24) is 0 Å². The Morgan fingerprint density at radius 3 is 2.67 bits per heavy atom. The van der Waals surface area contributed by atoms with Crippen molar-refractivity contribution in [2.45, 2.75) is 40.2 Å². The van der Waals surface area contributed by atoms with Gasteiger partial charge in [0.1, 0.15) is 6.07 Å². The number of hydrogen-bond acceptors (Lipinski definition) is 2. The largest absolute Gasteiger partial charge is 0.367 e. The average molecular weight is 242 g/mol. The molecule has 0 radical (unpaired) electrons. The van der Waals surface area contributed by atoms with E-state index >= 15 is 0 Å². The molecule has 0 aromatic heterocycles. The fraction of sp³-hybridized carbons (Fsp3) is 0.562. The van der Waals surface area contributed by atoms with Gasteiger partial charge in [-0.25, -0.2) is 0 Å². The molecule has 1 aromatic carbocycles. The van der Waals surface area contributed by atoms with Crippen molar-refractivity contribution in [3.05, 3.63) is 29.3 Å². The Bertz CT molecular complexity index is 472. The van der Waals surface area contributed by atoms with Gasteiger partial charge in [0.05, 0.1) is 11.3 Å². The van der Waals surface area contributed by atoms with Gasteiger partial charge in [-0.2, -0.15) is 5.26 Å². The molecule has 1 heterocycles. The highest BCUT2D eigenvalue weighted by atomic mass is 15.2. The van der Waals surface area contributed by atoms with Crippen molar-refractivity contribution in [2.75, 3.05) is 11.4 Å². The Morgan fingerprint density at radius 1 is 1.28 bits per heavy atom. The zero-order valence-corrected chi connectivity index (χ0v) is 11.8. The molecule has 2 rings (SSSR count). The first kappa shape index (κ1) is 13.0. The van der Waals surface area contributed by atoms with Crippen LogP contribution in [0.3, 0.4) is 0 Å². The predicted octanol–water partition coefficient (Wildman–Crippen LogP) is 3.74. The number of anilines is 1. The van der Waals surface area contributed by atoms with Gasteiger partial charge in [-0.1, -0.05) is 19.9 Å². The molecule has 1 aliphatic heterocycles. The molecule has 3 atom stereocenters. The Labute approximate surface area is 110 Å². The maximum Gasteiger partial charge on any atom is 0.101 e. The van der Waals surface area contributed by atoms with Gasteiger partial charge in [0, 0.05) is 12.6 Å². The summed E-state index contributed by atoms with van der Waals surface area (Å²) < 4.78 is 0. The van der Waals surface area contributed by atoms with Crippen LogP contribution in [0, 0.1) is 30.1 Å². The van der Waals surface area contributed by atoms with Gasteiger partial charge in [0.25, 0.3) is 0 Å². The lowest BCUT2D eigenvalue weighted by atomic mass is 9.85. The standard InChI is InChI=1S/C16H22N2/c1-11-5-6-16(15(8-11)9-17)18-10-12(2)7-13(3)14(18)4/h5-6,8,12-14H,7,10H2,1-4H3. The second-order valence-corrected chi connectivity index (χ2v) is 5.84. The summed E-state index contributed by atoms with van der Waals surface area (Å²) >= 11 is 0. The molecule has 1 fully saturated rings. The summed E-state index contributed by atoms with van der Waals surface area (Å²) in [4.78, 5) is 2.41. The Kier molecular flexibility index (Phi) is 3.61. The van der Waals surface area contributed by atoms with Gasteiger partial charge in [-0.05, 0) is 49.8 Å². The molecular weight excluding hydrogens is 220 g/mol. The van der Waals surface area contributed by atoms with E-state index in [1.165, 1.54) is 6.42 Å². The van der Waals surface area contributed by atoms with Gasteiger partial charge >= 0.3 is 0 Å². The number of hydrogen-bond donors (Lipinski definition) is 0. The molecule has 1 aromatic rings. The molecule has 96 valence electrons. The number of nitrogens with zero attached hydrogens (tertiary/aromatic N) is 2. The highest BCUT2D eigenvalue weighted by molar-refractivity contribution is 5.61. The maximum atomic E-state index is 9.31. The molecule has 0 N–H and O–H groups in total. The van der Waals surface area contributed by atoms with Gasteiger partial charge in [-0.3, -0.25) is 0 Å². The van der Waals surface area contributed by atoms with Crippen LogP contribution in [0.15, 0.2) is 18.2 Å². The number of rotatable bonds is 1. The van der Waals surface area contributed by atoms with E-state index in [9.17, 15) is 5.26 Å². The van der Waals surface area contributed by atoms with E-state index in [0.717, 1.165) is 23.4 Å². The van der Waals surface area contributed by atoms with E-state index in [1.807, 2.05) is 13.0 Å². The third-order valence-corrected chi connectivity index (χ3v) is 4.18. The molecule has 2 heteroatoms. The van der Waals surface area contributed by atoms with Gasteiger partial charge in [0.15, 0.2) is 0 Å². The Hall–Kier alpha value is -1.49. The third kappa shape index (κ3) is 2.36. The lowest BCUT2D eigenvalue weighted by Gasteiger charge is -2.43. The van der Waals surface area contributed by atoms with Gasteiger partial charge < -0.3 is 4.90 Å². The number of piperidine rings is 1. The van der Waals surface area contributed by atoms with E-state index in [-0.39, 0.29) is 0 Å². The normalized spacial score (nSPS) is 27.9. The van der Waals surface area contributed by atoms with Crippen molar-refractivity contribution >= 4 is 5.69 Å². The first-order valence-electron chi connectivity index (χ1n) is 6.80. The minimum Gasteiger partial charge on any atom is -0.367 e. The summed E-state index contributed by atoms with van der Waals surface area (Å²) in [5.74, 6) is 1.38. The molecular formula is C16H22N2. The highest BCUT2D eigenvalue weighted by Gasteiger charge is 2.29. The summed E-state index contributed by atoms with van der Waals surface area (Å²) in [7, 11) is 0. The number of aryl methyl sites for hydroxylation is 1. The lowest BCUT2D eigenvalue weighted by Crippen LogP contribution is -2.46. The molecule has 3 unspecified atom stereocenters. The summed E-state index contributed by atoms with van der Waals surface area (Å²) in [5.41, 5.74) is 3.07. The van der Waals surface area contributed by atoms with Crippen LogP contribution in [0.1, 0.15) is 38.3 Å². The van der Waals surface area contributed by atoms with Crippen molar-refractivity contribution < 1.29 is 0 Å². The van der Waals surface area contributed by atoms with Crippen LogP contribution in [-0.2, 0) is 0 Å². The van der Waals surface area contributed by atoms with Crippen molar-refractivity contribution in [3.63, 3.8) is 0 Å². The van der Waals surface area contributed by atoms with Gasteiger partial charge in [-0.15, -0.1) is 0 Å². The topological polar surface area (TPSA) is 27.0 Å². The quantitative estimate of drug-likeness (QED) is 0.750. The van der Waals surface area contributed by atoms with E-state index in [0.29, 0.717) is 17.9 Å². The maximum absolute atomic E-state index is 9.31. The van der Waals surface area contributed by atoms with Crippen LogP contribution < -0.4 is 4.90 Å². The fourth-order valence-corrected chi connectivity index (χ4v) is 3.02. The Balaban J connectivity index is 2.38. The molecule has 0 bridgehead atoms. The molecule has 1 saturated heterocycles. The molecule has 0 spiro atoms. The summed E-state index contributed by atoms with van der Waals surface area (Å²) in [6.45, 7) is 9.99. The summed E-state index contributed by atoms with van der Waals surface area (Å²) in [6, 6.07) is 9.05. The van der Waals surface area contributed by atoms with Crippen LogP contribution in [0.4, 0.5) is 5.69 Å². The molecule has 0 saturated carbocycles. The van der Waals surface area contributed by atoms with E-state index in [2.05, 4.69) is 43.9 Å². The number of benzene rings is 1. The minimum atomic E-state index is 0.510. The van der Waals surface area contributed by atoms with Crippen LogP contribution in [0.5, 0.6) is 0 Å². The van der Waals surface area contributed by atoms with Crippen molar-refractivity contribution in [3.8, 4) is 6.07 Å². The molecule has 1 aliphatic rings. The molecule has 2 nitrogen and oxygen atoms in total. The first-order valence-corrected chi connectivity index (χ1v) is 6.80. The summed E-state index contributed by atoms with van der Waals surface area (Å²) in [5, 5.41) is 9.31. The zero-order valence-electron chi connectivity index (χ0n) is 11.8. The third-order valence-electron chi connectivity index (χ3n) is 4.18. The second-order valence-electron chi connectivity index (χ2n) is 5.84. The van der Waals surface area contributed by atoms with Crippen LogP contribution in [0.25, 0.3) is 0 Å². The van der Waals surface area contributed by atoms with Crippen LogP contribution >= 0.6 is 0 Å². The first-order chi connectivity index (χ1) is 8.52. The smallest absolute Gasteiger partial charge is 0.101 e. The zero-order chi connectivity index (χ0) is 13.3. The second kappa shape index (κ2) is 5.02. The average Bonchev–Trinajstić information content (AvgIpc) is 2.34. The van der Waals surface area contributed by atoms with E-state index in [1.54, 1.807) is 0 Å².